The summed E-state index contributed by atoms with van der Waals surface area (Å²) in [6, 6.07) is 11.0. The van der Waals surface area contributed by atoms with E-state index >= 15 is 0 Å². The summed E-state index contributed by atoms with van der Waals surface area (Å²) in [6.45, 7) is 0.855. The molecule has 3 aromatic rings. The third-order valence-corrected chi connectivity index (χ3v) is 7.06. The Hall–Kier alpha value is -2.88. The molecule has 1 aromatic heterocycles. The molecule has 1 saturated heterocycles. The van der Waals surface area contributed by atoms with E-state index in [0.717, 1.165) is 17.7 Å². The molecule has 0 bridgehead atoms. The Balaban J connectivity index is 1.61. The van der Waals surface area contributed by atoms with E-state index in [1.54, 1.807) is 36.2 Å². The summed E-state index contributed by atoms with van der Waals surface area (Å²) in [6.07, 6.45) is -3.36. The molecule has 2 unspecified atom stereocenters. The Labute approximate surface area is 215 Å². The summed E-state index contributed by atoms with van der Waals surface area (Å²) in [4.78, 5) is 20.7. The number of likely N-dealkylation sites (N-methyl/N-ethyl adjacent to an activating group) is 1. The predicted octanol–water partition coefficient (Wildman–Crippen LogP) is 5.87. The highest BCUT2D eigenvalue weighted by Gasteiger charge is 2.39. The number of pyridine rings is 1. The van der Waals surface area contributed by atoms with E-state index in [2.05, 4.69) is 4.98 Å². The minimum atomic E-state index is -4.77. The lowest BCUT2D eigenvalue weighted by atomic mass is 9.93. The first-order valence-electron chi connectivity index (χ1n) is 11.0. The van der Waals surface area contributed by atoms with Gasteiger partial charge in [0, 0.05) is 37.8 Å². The SMILES string of the molecule is CN(Cc1ccc(C(F)(F)F)c(F)c1)C1CN(C(=O)c2ccc(N)nc2)CC1c1ccc(Cl)c(Cl)c1. The van der Waals surface area contributed by atoms with Crippen LogP contribution in [0.2, 0.25) is 10.0 Å². The molecule has 1 aliphatic heterocycles. The Morgan fingerprint density at radius 1 is 1.11 bits per heavy atom. The zero-order valence-electron chi connectivity index (χ0n) is 19.1. The number of nitrogens with zero attached hydrogens (tertiary/aromatic N) is 3. The van der Waals surface area contributed by atoms with Crippen LogP contribution in [0.15, 0.2) is 54.7 Å². The minimum absolute atomic E-state index is 0.170. The highest BCUT2D eigenvalue weighted by Crippen LogP contribution is 2.36. The zero-order valence-corrected chi connectivity index (χ0v) is 20.6. The third kappa shape index (κ3) is 5.58. The molecular weight excluding hydrogens is 519 g/mol. The second kappa shape index (κ2) is 10.2. The second-order valence-electron chi connectivity index (χ2n) is 8.76. The van der Waals surface area contributed by atoms with Crippen molar-refractivity contribution < 1.29 is 22.4 Å². The van der Waals surface area contributed by atoms with Crippen LogP contribution in [-0.4, -0.2) is 46.9 Å². The third-order valence-electron chi connectivity index (χ3n) is 6.32. The topological polar surface area (TPSA) is 62.5 Å². The van der Waals surface area contributed by atoms with Crippen LogP contribution in [-0.2, 0) is 12.7 Å². The van der Waals surface area contributed by atoms with E-state index in [9.17, 15) is 22.4 Å². The van der Waals surface area contributed by atoms with Gasteiger partial charge in [0.1, 0.15) is 11.6 Å². The van der Waals surface area contributed by atoms with Gasteiger partial charge in [-0.05, 0) is 54.6 Å². The van der Waals surface area contributed by atoms with Gasteiger partial charge in [-0.3, -0.25) is 9.69 Å². The first-order valence-corrected chi connectivity index (χ1v) is 11.7. The summed E-state index contributed by atoms with van der Waals surface area (Å²) in [7, 11) is 1.78. The first kappa shape index (κ1) is 26.2. The molecule has 36 heavy (non-hydrogen) atoms. The molecule has 2 atom stereocenters. The van der Waals surface area contributed by atoms with Crippen molar-refractivity contribution in [3.05, 3.63) is 92.8 Å². The molecule has 0 saturated carbocycles. The Morgan fingerprint density at radius 3 is 2.47 bits per heavy atom. The lowest BCUT2D eigenvalue weighted by Crippen LogP contribution is -2.38. The monoisotopic (exact) mass is 540 g/mol. The number of halogens is 6. The van der Waals surface area contributed by atoms with Gasteiger partial charge < -0.3 is 10.6 Å². The van der Waals surface area contributed by atoms with Gasteiger partial charge in [-0.1, -0.05) is 35.3 Å². The summed E-state index contributed by atoms with van der Waals surface area (Å²) >= 11 is 12.3. The molecule has 1 fully saturated rings. The molecule has 0 spiro atoms. The highest BCUT2D eigenvalue weighted by atomic mass is 35.5. The van der Waals surface area contributed by atoms with Crippen LogP contribution in [0.4, 0.5) is 23.4 Å². The molecule has 2 aromatic carbocycles. The summed E-state index contributed by atoms with van der Waals surface area (Å²) in [5, 5.41) is 0.761. The van der Waals surface area contributed by atoms with Crippen LogP contribution >= 0.6 is 23.2 Å². The fourth-order valence-electron chi connectivity index (χ4n) is 4.48. The number of hydrogen-bond acceptors (Lipinski definition) is 4. The number of amides is 1. The van der Waals surface area contributed by atoms with E-state index in [4.69, 9.17) is 28.9 Å². The van der Waals surface area contributed by atoms with Crippen molar-refractivity contribution in [1.29, 1.82) is 0 Å². The summed E-state index contributed by atoms with van der Waals surface area (Å²) in [5.41, 5.74) is 5.93. The van der Waals surface area contributed by atoms with Crippen LogP contribution in [0, 0.1) is 5.82 Å². The standard InChI is InChI=1S/C25H22Cl2F4N4O/c1-34(11-14-2-5-18(21(28)8-14)25(29,30)31)22-13-35(24(36)16-4-7-23(32)33-10-16)12-17(22)15-3-6-19(26)20(27)9-15/h2-10,17,22H,11-13H2,1H3,(H2,32,33). The Bertz CT molecular complexity index is 1270. The van der Waals surface area contributed by atoms with Crippen LogP contribution in [0.1, 0.15) is 33.0 Å². The van der Waals surface area contributed by atoms with Crippen molar-refractivity contribution in [3.8, 4) is 0 Å². The smallest absolute Gasteiger partial charge is 0.384 e. The van der Waals surface area contributed by atoms with E-state index in [-0.39, 0.29) is 24.4 Å². The predicted molar refractivity (Wildman–Crippen MR) is 130 cm³/mol. The number of likely N-dealkylation sites (tertiary alicyclic amines) is 1. The molecule has 2 heterocycles. The zero-order chi connectivity index (χ0) is 26.2. The van der Waals surface area contributed by atoms with Gasteiger partial charge in [0.15, 0.2) is 0 Å². The molecule has 1 amide bonds. The molecule has 4 rings (SSSR count). The van der Waals surface area contributed by atoms with Crippen LogP contribution in [0.25, 0.3) is 0 Å². The van der Waals surface area contributed by atoms with Gasteiger partial charge in [0.25, 0.3) is 5.91 Å². The molecule has 5 nitrogen and oxygen atoms in total. The fraction of sp³-hybridized carbons (Fsp3) is 0.280. The van der Waals surface area contributed by atoms with Gasteiger partial charge in [-0.2, -0.15) is 13.2 Å². The maximum Gasteiger partial charge on any atom is 0.419 e. The molecule has 190 valence electrons. The number of carbonyl (C=O) groups excluding carboxylic acids is 1. The quantitative estimate of drug-likeness (QED) is 0.411. The van der Waals surface area contributed by atoms with Crippen molar-refractivity contribution in [2.45, 2.75) is 24.7 Å². The highest BCUT2D eigenvalue weighted by molar-refractivity contribution is 6.42. The first-order chi connectivity index (χ1) is 16.9. The van der Waals surface area contributed by atoms with Crippen molar-refractivity contribution in [3.63, 3.8) is 0 Å². The van der Waals surface area contributed by atoms with Crippen LogP contribution in [0.5, 0.6) is 0 Å². The fourth-order valence-corrected chi connectivity index (χ4v) is 4.78. The van der Waals surface area contributed by atoms with Crippen molar-refractivity contribution in [2.75, 3.05) is 25.9 Å². The van der Waals surface area contributed by atoms with Crippen molar-refractivity contribution >= 4 is 34.9 Å². The molecule has 11 heteroatoms. The van der Waals surface area contributed by atoms with Gasteiger partial charge in [0.2, 0.25) is 0 Å². The Kier molecular flexibility index (Phi) is 7.45. The van der Waals surface area contributed by atoms with Crippen molar-refractivity contribution in [1.82, 2.24) is 14.8 Å². The average molecular weight is 541 g/mol. The van der Waals surface area contributed by atoms with E-state index in [1.165, 1.54) is 12.3 Å². The number of aromatic nitrogens is 1. The lowest BCUT2D eigenvalue weighted by molar-refractivity contribution is -0.140. The number of nitrogens with two attached hydrogens (primary N) is 1. The second-order valence-corrected chi connectivity index (χ2v) is 9.57. The van der Waals surface area contributed by atoms with Gasteiger partial charge in [-0.15, -0.1) is 0 Å². The Morgan fingerprint density at radius 2 is 1.86 bits per heavy atom. The van der Waals surface area contributed by atoms with Crippen molar-refractivity contribution in [2.24, 2.45) is 0 Å². The molecule has 2 N–H and O–H groups in total. The maximum atomic E-state index is 14.1. The van der Waals surface area contributed by atoms with E-state index in [1.807, 2.05) is 11.0 Å². The summed E-state index contributed by atoms with van der Waals surface area (Å²) in [5.74, 6) is -1.45. The molecular formula is C25H22Cl2F4N4O. The molecule has 0 aliphatic carbocycles. The van der Waals surface area contributed by atoms with Crippen LogP contribution < -0.4 is 5.73 Å². The number of alkyl halides is 3. The normalized spacial score (nSPS) is 18.2. The maximum absolute atomic E-state index is 14.1. The number of carbonyl (C=O) groups is 1. The summed E-state index contributed by atoms with van der Waals surface area (Å²) < 4.78 is 53.0. The minimum Gasteiger partial charge on any atom is -0.384 e. The number of benzene rings is 2. The molecule has 1 aliphatic rings. The largest absolute Gasteiger partial charge is 0.419 e. The molecule has 0 radical (unpaired) electrons. The van der Waals surface area contributed by atoms with Crippen LogP contribution in [0.3, 0.4) is 0 Å². The van der Waals surface area contributed by atoms with Gasteiger partial charge in [-0.25, -0.2) is 9.37 Å². The van der Waals surface area contributed by atoms with E-state index < -0.39 is 17.6 Å². The average Bonchev–Trinajstić information content (AvgIpc) is 3.26. The number of hydrogen-bond donors (Lipinski definition) is 1. The number of nitrogen functional groups attached to an aromatic ring is 1. The number of anilines is 1. The van der Waals surface area contributed by atoms with Gasteiger partial charge in [0.05, 0.1) is 21.2 Å². The number of rotatable bonds is 5. The van der Waals surface area contributed by atoms with E-state index in [0.29, 0.717) is 40.1 Å². The van der Waals surface area contributed by atoms with Gasteiger partial charge >= 0.3 is 6.18 Å². The lowest BCUT2D eigenvalue weighted by Gasteiger charge is -2.29.